The molecular formula is C28H34BrN3O3. The molecule has 0 saturated carbocycles. The Morgan fingerprint density at radius 2 is 2.00 bits per heavy atom. The van der Waals surface area contributed by atoms with E-state index < -0.39 is 0 Å². The molecule has 3 rings (SSSR count). The number of benzene rings is 2. The van der Waals surface area contributed by atoms with Crippen molar-refractivity contribution in [3.63, 3.8) is 0 Å². The van der Waals surface area contributed by atoms with Gasteiger partial charge in [-0.3, -0.25) is 4.79 Å². The van der Waals surface area contributed by atoms with Gasteiger partial charge in [0.2, 0.25) is 0 Å². The van der Waals surface area contributed by atoms with Crippen molar-refractivity contribution in [2.75, 3.05) is 13.7 Å². The van der Waals surface area contributed by atoms with Crippen LogP contribution >= 0.6 is 15.9 Å². The number of allylic oxidation sites excluding steroid dienone is 1. The van der Waals surface area contributed by atoms with Crippen molar-refractivity contribution < 1.29 is 9.47 Å². The van der Waals surface area contributed by atoms with Crippen LogP contribution in [0.3, 0.4) is 0 Å². The van der Waals surface area contributed by atoms with E-state index in [1.165, 1.54) is 4.68 Å². The minimum absolute atomic E-state index is 0.00469. The number of fused-ring (bicyclic) bond motifs is 1. The van der Waals surface area contributed by atoms with Crippen LogP contribution in [0, 0.1) is 5.41 Å². The third kappa shape index (κ3) is 6.82. The molecule has 0 amide bonds. The van der Waals surface area contributed by atoms with Crippen molar-refractivity contribution in [3.8, 4) is 11.5 Å². The van der Waals surface area contributed by atoms with E-state index >= 15 is 0 Å². The lowest BCUT2D eigenvalue weighted by Crippen LogP contribution is -2.22. The summed E-state index contributed by atoms with van der Waals surface area (Å²) in [6.07, 6.45) is 6.70. The van der Waals surface area contributed by atoms with Crippen molar-refractivity contribution >= 4 is 33.0 Å². The van der Waals surface area contributed by atoms with Gasteiger partial charge in [-0.25, -0.2) is 4.98 Å². The zero-order valence-electron chi connectivity index (χ0n) is 21.2. The maximum atomic E-state index is 13.3. The fourth-order valence-electron chi connectivity index (χ4n) is 3.60. The summed E-state index contributed by atoms with van der Waals surface area (Å²) in [7, 11) is 1.62. The first-order valence-electron chi connectivity index (χ1n) is 11.9. The number of aromatic nitrogens is 2. The van der Waals surface area contributed by atoms with Crippen LogP contribution < -0.4 is 15.0 Å². The topological polar surface area (TPSA) is 65.7 Å². The van der Waals surface area contributed by atoms with Gasteiger partial charge in [0.25, 0.3) is 5.56 Å². The summed E-state index contributed by atoms with van der Waals surface area (Å²) in [5.41, 5.74) is 2.23. The quantitative estimate of drug-likeness (QED) is 0.216. The molecule has 7 heteroatoms. The third-order valence-corrected chi connectivity index (χ3v) is 5.83. The molecule has 0 saturated heterocycles. The Bertz CT molecular complexity index is 1290. The van der Waals surface area contributed by atoms with Crippen LogP contribution in [0.2, 0.25) is 0 Å². The highest BCUT2D eigenvalue weighted by atomic mass is 79.9. The van der Waals surface area contributed by atoms with Crippen LogP contribution in [-0.4, -0.2) is 29.6 Å². The van der Waals surface area contributed by atoms with E-state index in [2.05, 4.69) is 55.3 Å². The molecule has 0 unspecified atom stereocenters. The number of methoxy groups -OCH3 is 1. The highest BCUT2D eigenvalue weighted by molar-refractivity contribution is 9.10. The maximum Gasteiger partial charge on any atom is 0.282 e. The van der Waals surface area contributed by atoms with Crippen molar-refractivity contribution in [3.05, 3.63) is 74.8 Å². The standard InChI is InChI=1S/C28H34BrN3O3/c1-7-9-11-25-31-23-13-12-21(29)16-22(23)27(33)32(25)30-17-19-14-20(10-8-2)26(24(15-19)34-6)35-18-28(3,4)5/h8,12-17H,2,7,9-11,18H2,1,3-6H3. The monoisotopic (exact) mass is 539 g/mol. The van der Waals surface area contributed by atoms with Gasteiger partial charge in [-0.2, -0.15) is 9.78 Å². The van der Waals surface area contributed by atoms with Gasteiger partial charge in [-0.15, -0.1) is 6.58 Å². The van der Waals surface area contributed by atoms with Gasteiger partial charge in [0.15, 0.2) is 11.5 Å². The molecule has 0 spiro atoms. The van der Waals surface area contributed by atoms with Crippen molar-refractivity contribution in [2.24, 2.45) is 10.5 Å². The second kappa shape index (κ2) is 11.7. The molecule has 0 bridgehead atoms. The number of hydrogen-bond donors (Lipinski definition) is 0. The summed E-state index contributed by atoms with van der Waals surface area (Å²) in [5, 5.41) is 5.10. The molecule has 1 heterocycles. The van der Waals surface area contributed by atoms with Gasteiger partial charge in [0.1, 0.15) is 5.82 Å². The van der Waals surface area contributed by atoms with Crippen LogP contribution in [-0.2, 0) is 12.8 Å². The highest BCUT2D eigenvalue weighted by Gasteiger charge is 2.17. The van der Waals surface area contributed by atoms with Crippen LogP contribution in [0.4, 0.5) is 0 Å². The van der Waals surface area contributed by atoms with Gasteiger partial charge in [-0.05, 0) is 54.2 Å². The van der Waals surface area contributed by atoms with Crippen LogP contribution in [0.5, 0.6) is 11.5 Å². The summed E-state index contributed by atoms with van der Waals surface area (Å²) in [5.74, 6) is 1.97. The number of nitrogens with zero attached hydrogens (tertiary/aromatic N) is 3. The Morgan fingerprint density at radius 3 is 2.66 bits per heavy atom. The fourth-order valence-corrected chi connectivity index (χ4v) is 3.97. The average molecular weight is 541 g/mol. The van der Waals surface area contributed by atoms with E-state index in [4.69, 9.17) is 14.5 Å². The van der Waals surface area contributed by atoms with Gasteiger partial charge >= 0.3 is 0 Å². The number of hydrogen-bond acceptors (Lipinski definition) is 5. The Kier molecular flexibility index (Phi) is 8.89. The molecule has 0 radical (unpaired) electrons. The predicted molar refractivity (Wildman–Crippen MR) is 147 cm³/mol. The molecular weight excluding hydrogens is 506 g/mol. The molecule has 0 fully saturated rings. The smallest absolute Gasteiger partial charge is 0.282 e. The summed E-state index contributed by atoms with van der Waals surface area (Å²) in [6.45, 7) is 12.9. The molecule has 0 atom stereocenters. The summed E-state index contributed by atoms with van der Waals surface area (Å²) in [6, 6.07) is 9.39. The zero-order chi connectivity index (χ0) is 25.6. The predicted octanol–water partition coefficient (Wildman–Crippen LogP) is 6.55. The minimum atomic E-state index is -0.193. The first kappa shape index (κ1) is 26.7. The molecule has 0 N–H and O–H groups in total. The van der Waals surface area contributed by atoms with Gasteiger partial charge in [0.05, 0.1) is 30.8 Å². The van der Waals surface area contributed by atoms with Crippen LogP contribution in [0.25, 0.3) is 10.9 Å². The second-order valence-electron chi connectivity index (χ2n) is 9.71. The van der Waals surface area contributed by atoms with Gasteiger partial charge < -0.3 is 9.47 Å². The molecule has 2 aromatic carbocycles. The molecule has 0 aliphatic carbocycles. The third-order valence-electron chi connectivity index (χ3n) is 5.34. The van der Waals surface area contributed by atoms with Crippen molar-refractivity contribution in [2.45, 2.75) is 53.4 Å². The molecule has 186 valence electrons. The van der Waals surface area contributed by atoms with Crippen molar-refractivity contribution in [1.29, 1.82) is 0 Å². The lowest BCUT2D eigenvalue weighted by atomic mass is 9.98. The normalized spacial score (nSPS) is 11.8. The lowest BCUT2D eigenvalue weighted by Gasteiger charge is -2.22. The Morgan fingerprint density at radius 1 is 1.23 bits per heavy atom. The Labute approximate surface area is 215 Å². The number of ether oxygens (including phenoxy) is 2. The Hall–Kier alpha value is -2.93. The maximum absolute atomic E-state index is 13.3. The molecule has 6 nitrogen and oxygen atoms in total. The van der Waals surface area contributed by atoms with E-state index in [0.717, 1.165) is 28.4 Å². The van der Waals surface area contributed by atoms with Crippen LogP contribution in [0.1, 0.15) is 57.5 Å². The van der Waals surface area contributed by atoms with Crippen LogP contribution in [0.15, 0.2) is 57.4 Å². The molecule has 1 aromatic heterocycles. The van der Waals surface area contributed by atoms with E-state index in [1.54, 1.807) is 19.4 Å². The van der Waals surface area contributed by atoms with Gasteiger partial charge in [0, 0.05) is 16.5 Å². The molecule has 3 aromatic rings. The number of aryl methyl sites for hydroxylation is 1. The first-order chi connectivity index (χ1) is 16.7. The zero-order valence-corrected chi connectivity index (χ0v) is 22.8. The summed E-state index contributed by atoms with van der Waals surface area (Å²) < 4.78 is 14.0. The average Bonchev–Trinajstić information content (AvgIpc) is 2.81. The highest BCUT2D eigenvalue weighted by Crippen LogP contribution is 2.34. The largest absolute Gasteiger partial charge is 0.493 e. The van der Waals surface area contributed by atoms with E-state index in [1.807, 2.05) is 30.3 Å². The molecule has 35 heavy (non-hydrogen) atoms. The van der Waals surface area contributed by atoms with E-state index in [-0.39, 0.29) is 11.0 Å². The summed E-state index contributed by atoms with van der Waals surface area (Å²) in [4.78, 5) is 18.1. The SMILES string of the molecule is C=CCc1cc(C=Nn2c(CCCC)nc3ccc(Br)cc3c2=O)cc(OC)c1OCC(C)(C)C. The van der Waals surface area contributed by atoms with E-state index in [0.29, 0.717) is 47.7 Å². The minimum Gasteiger partial charge on any atom is -0.493 e. The van der Waals surface area contributed by atoms with Gasteiger partial charge in [-0.1, -0.05) is 56.1 Å². The number of halogens is 1. The Balaban J connectivity index is 2.08. The lowest BCUT2D eigenvalue weighted by molar-refractivity contribution is 0.190. The van der Waals surface area contributed by atoms with E-state index in [9.17, 15) is 4.79 Å². The molecule has 0 aliphatic rings. The van der Waals surface area contributed by atoms with Crippen molar-refractivity contribution in [1.82, 2.24) is 9.66 Å². The number of rotatable bonds is 10. The summed E-state index contributed by atoms with van der Waals surface area (Å²) >= 11 is 3.45. The first-order valence-corrected chi connectivity index (χ1v) is 12.7. The number of unbranched alkanes of at least 4 members (excludes halogenated alkanes) is 1. The second-order valence-corrected chi connectivity index (χ2v) is 10.6. The molecule has 0 aliphatic heterocycles. The fraction of sp³-hybridized carbons (Fsp3) is 0.393.